The Labute approximate surface area is 131 Å². The van der Waals surface area contributed by atoms with Crippen LogP contribution in [0.4, 0.5) is 0 Å². The van der Waals surface area contributed by atoms with Gasteiger partial charge in [-0.1, -0.05) is 32.9 Å². The molecule has 0 fully saturated rings. The zero-order valence-corrected chi connectivity index (χ0v) is 14.1. The molecule has 0 bridgehead atoms. The van der Waals surface area contributed by atoms with Crippen LogP contribution in [0.5, 0.6) is 0 Å². The van der Waals surface area contributed by atoms with Crippen LogP contribution in [0.1, 0.15) is 40.0 Å². The highest BCUT2D eigenvalue weighted by Crippen LogP contribution is 2.32. The van der Waals surface area contributed by atoms with E-state index in [-0.39, 0.29) is 11.5 Å². The minimum Gasteiger partial charge on any atom is -0.301 e. The Kier molecular flexibility index (Phi) is 7.02. The Morgan fingerprint density at radius 1 is 1.57 bits per heavy atom. The maximum Gasteiger partial charge on any atom is 0.179 e. The van der Waals surface area contributed by atoms with Crippen molar-refractivity contribution in [2.24, 2.45) is 20.4 Å². The summed E-state index contributed by atoms with van der Waals surface area (Å²) in [4.78, 5) is 23.4. The van der Waals surface area contributed by atoms with Crippen LogP contribution in [0.25, 0.3) is 0 Å². The van der Waals surface area contributed by atoms with Crippen molar-refractivity contribution in [3.8, 4) is 0 Å². The van der Waals surface area contributed by atoms with Gasteiger partial charge in [0.1, 0.15) is 17.4 Å². The molecule has 0 radical (unpaired) electrons. The molecule has 0 spiro atoms. The van der Waals surface area contributed by atoms with Crippen molar-refractivity contribution in [3.05, 3.63) is 12.2 Å². The summed E-state index contributed by atoms with van der Waals surface area (Å²) in [6.07, 6.45) is 3.89. The Balaban J connectivity index is 2.53. The van der Waals surface area contributed by atoms with Gasteiger partial charge in [-0.15, -0.1) is 11.8 Å². The fourth-order valence-electron chi connectivity index (χ4n) is 2.13. The van der Waals surface area contributed by atoms with E-state index < -0.39 is 0 Å². The number of allylic oxidation sites excluding steroid dienone is 1. The summed E-state index contributed by atoms with van der Waals surface area (Å²) >= 11 is 1.52. The number of aliphatic imine (C=N–C) groups is 3. The molecule has 4 nitrogen and oxygen atoms in total. The van der Waals surface area contributed by atoms with Crippen LogP contribution in [0.3, 0.4) is 0 Å². The van der Waals surface area contributed by atoms with Gasteiger partial charge < -0.3 is 4.79 Å². The first-order valence-corrected chi connectivity index (χ1v) is 8.28. The predicted octanol–water partition coefficient (Wildman–Crippen LogP) is 3.57. The minimum absolute atomic E-state index is 0.147. The Morgan fingerprint density at radius 3 is 2.81 bits per heavy atom. The number of amidine groups is 1. The normalized spacial score (nSPS) is 19.3. The Hall–Kier alpha value is -1.23. The molecule has 1 aliphatic heterocycles. The largest absolute Gasteiger partial charge is 0.301 e. The second-order valence-electron chi connectivity index (χ2n) is 5.76. The number of carbonyl (C=O) groups is 1. The Morgan fingerprint density at radius 2 is 2.29 bits per heavy atom. The average molecular weight is 307 g/mol. The molecular formula is C16H25N3OS. The van der Waals surface area contributed by atoms with Crippen LogP contribution in [0.15, 0.2) is 27.1 Å². The molecule has 1 atom stereocenters. The summed E-state index contributed by atoms with van der Waals surface area (Å²) < 4.78 is 0. The number of hydrogen-bond donors (Lipinski definition) is 0. The number of carbonyl (C=O) groups excluding carboxylic acids is 1. The molecule has 0 amide bonds. The van der Waals surface area contributed by atoms with Gasteiger partial charge in [0.25, 0.3) is 0 Å². The molecular weight excluding hydrogens is 282 g/mol. The quantitative estimate of drug-likeness (QED) is 0.226. The van der Waals surface area contributed by atoms with Gasteiger partial charge in [-0.25, -0.2) is 4.99 Å². The summed E-state index contributed by atoms with van der Waals surface area (Å²) in [6, 6.07) is -0.260. The first-order chi connectivity index (χ1) is 9.94. The third kappa shape index (κ3) is 5.23. The van der Waals surface area contributed by atoms with E-state index in [2.05, 4.69) is 49.0 Å². The lowest BCUT2D eigenvalue weighted by Crippen LogP contribution is -2.14. The molecule has 1 unspecified atom stereocenters. The van der Waals surface area contributed by atoms with Gasteiger partial charge in [0, 0.05) is 12.3 Å². The third-order valence-electron chi connectivity index (χ3n) is 3.78. The first kappa shape index (κ1) is 17.8. The molecule has 0 saturated heterocycles. The highest BCUT2D eigenvalue weighted by Gasteiger charge is 2.21. The lowest BCUT2D eigenvalue weighted by Gasteiger charge is -2.26. The van der Waals surface area contributed by atoms with Gasteiger partial charge in [-0.3, -0.25) is 9.98 Å². The number of rotatable bonds is 8. The van der Waals surface area contributed by atoms with Gasteiger partial charge in [0.2, 0.25) is 0 Å². The van der Waals surface area contributed by atoms with E-state index in [4.69, 9.17) is 0 Å². The number of nitrogens with zero attached hydrogens (tertiary/aromatic N) is 3. The molecule has 0 aromatic rings. The molecule has 0 aromatic heterocycles. The topological polar surface area (TPSA) is 54.1 Å². The summed E-state index contributed by atoms with van der Waals surface area (Å²) in [5.74, 6) is 1.24. The van der Waals surface area contributed by atoms with Gasteiger partial charge in [-0.2, -0.15) is 0 Å². The lowest BCUT2D eigenvalue weighted by molar-refractivity contribution is -0.108. The van der Waals surface area contributed by atoms with Crippen LogP contribution < -0.4 is 0 Å². The molecule has 116 valence electrons. The van der Waals surface area contributed by atoms with E-state index in [9.17, 15) is 4.79 Å². The van der Waals surface area contributed by atoms with Crippen molar-refractivity contribution in [1.82, 2.24) is 0 Å². The fourth-order valence-corrected chi connectivity index (χ4v) is 3.08. The molecule has 1 heterocycles. The van der Waals surface area contributed by atoms with E-state index in [1.54, 1.807) is 0 Å². The molecule has 0 saturated carbocycles. The van der Waals surface area contributed by atoms with Crippen LogP contribution in [-0.4, -0.2) is 42.2 Å². The summed E-state index contributed by atoms with van der Waals surface area (Å²) in [6.45, 7) is 15.0. The van der Waals surface area contributed by atoms with Crippen molar-refractivity contribution >= 4 is 35.6 Å². The molecule has 0 N–H and O–H groups in total. The zero-order valence-electron chi connectivity index (χ0n) is 13.3. The van der Waals surface area contributed by atoms with Gasteiger partial charge in [-0.05, 0) is 31.4 Å². The second-order valence-corrected chi connectivity index (χ2v) is 6.77. The van der Waals surface area contributed by atoms with E-state index in [0.717, 1.165) is 30.6 Å². The molecule has 21 heavy (non-hydrogen) atoms. The van der Waals surface area contributed by atoms with Gasteiger partial charge >= 0.3 is 0 Å². The SMILES string of the molecule is C=N/C(=N\CCCC(C)(C)C(=C)CC)C1=NC(C=O)CS1. The zero-order chi connectivity index (χ0) is 15.9. The molecule has 1 aliphatic rings. The van der Waals surface area contributed by atoms with Crippen LogP contribution >= 0.6 is 11.8 Å². The van der Waals surface area contributed by atoms with Crippen molar-refractivity contribution < 1.29 is 4.79 Å². The first-order valence-electron chi connectivity index (χ1n) is 7.30. The standard InChI is InChI=1S/C16H25N3OS/c1-6-12(2)16(3,4)8-7-9-18-14(17-5)15-19-13(10-20)11-21-15/h10,13H,2,5-9,11H2,1,3-4H3/b18-14-. The molecule has 0 aliphatic carbocycles. The highest BCUT2D eigenvalue weighted by molar-refractivity contribution is 8.16. The molecule has 5 heteroatoms. The fraction of sp³-hybridized carbons (Fsp3) is 0.625. The van der Waals surface area contributed by atoms with E-state index in [1.807, 2.05) is 0 Å². The molecule has 1 rings (SSSR count). The van der Waals surface area contributed by atoms with Crippen molar-refractivity contribution in [2.45, 2.75) is 46.1 Å². The lowest BCUT2D eigenvalue weighted by atomic mass is 9.80. The maximum atomic E-state index is 10.7. The summed E-state index contributed by atoms with van der Waals surface area (Å²) in [5, 5.41) is 0.735. The predicted molar refractivity (Wildman–Crippen MR) is 94.0 cm³/mol. The minimum atomic E-state index is -0.260. The van der Waals surface area contributed by atoms with Gasteiger partial charge in [0.15, 0.2) is 5.84 Å². The van der Waals surface area contributed by atoms with E-state index >= 15 is 0 Å². The van der Waals surface area contributed by atoms with Crippen LogP contribution in [0, 0.1) is 5.41 Å². The number of hydrogen-bond acceptors (Lipinski definition) is 4. The van der Waals surface area contributed by atoms with Crippen molar-refractivity contribution in [2.75, 3.05) is 12.3 Å². The van der Waals surface area contributed by atoms with Gasteiger partial charge in [0.05, 0.1) is 0 Å². The van der Waals surface area contributed by atoms with E-state index in [0.29, 0.717) is 18.1 Å². The summed E-state index contributed by atoms with van der Waals surface area (Å²) in [7, 11) is 0. The second kappa shape index (κ2) is 8.27. The average Bonchev–Trinajstić information content (AvgIpc) is 2.95. The van der Waals surface area contributed by atoms with Crippen LogP contribution in [-0.2, 0) is 4.79 Å². The van der Waals surface area contributed by atoms with Crippen molar-refractivity contribution in [1.29, 1.82) is 0 Å². The smallest absolute Gasteiger partial charge is 0.179 e. The van der Waals surface area contributed by atoms with E-state index in [1.165, 1.54) is 17.3 Å². The van der Waals surface area contributed by atoms with Crippen molar-refractivity contribution in [3.63, 3.8) is 0 Å². The maximum absolute atomic E-state index is 10.7. The number of aldehydes is 1. The monoisotopic (exact) mass is 307 g/mol. The third-order valence-corrected chi connectivity index (χ3v) is 4.85. The Bertz CT molecular complexity index is 466. The molecule has 0 aromatic carbocycles. The summed E-state index contributed by atoms with van der Waals surface area (Å²) in [5.41, 5.74) is 1.42. The highest BCUT2D eigenvalue weighted by atomic mass is 32.2. The number of thioether (sulfide) groups is 1. The van der Waals surface area contributed by atoms with Crippen LogP contribution in [0.2, 0.25) is 0 Å².